The highest BCUT2D eigenvalue weighted by molar-refractivity contribution is 7.89. The van der Waals surface area contributed by atoms with Gasteiger partial charge in [-0.2, -0.15) is 9.57 Å². The number of rotatable bonds is 8. The molecule has 0 radical (unpaired) electrons. The van der Waals surface area contributed by atoms with Crippen LogP contribution in [0, 0.1) is 32.1 Å². The molecule has 0 saturated carbocycles. The number of hydrogen-bond donors (Lipinski definition) is 0. The number of amides is 1. The van der Waals surface area contributed by atoms with E-state index in [0.717, 1.165) is 11.1 Å². The van der Waals surface area contributed by atoms with E-state index in [1.807, 2.05) is 32.0 Å². The van der Waals surface area contributed by atoms with Gasteiger partial charge in [-0.1, -0.05) is 26.0 Å². The Balaban J connectivity index is 2.55. The first-order valence-corrected chi connectivity index (χ1v) is 11.5. The van der Waals surface area contributed by atoms with Crippen LogP contribution in [0.4, 0.5) is 5.69 Å². The number of anilines is 1. The molecule has 0 atom stereocenters. The smallest absolute Gasteiger partial charge is 0.258 e. The van der Waals surface area contributed by atoms with Gasteiger partial charge in [-0.3, -0.25) is 4.79 Å². The average molecular weight is 428 g/mol. The van der Waals surface area contributed by atoms with Gasteiger partial charge in [0.15, 0.2) is 0 Å². The third kappa shape index (κ3) is 4.89. The van der Waals surface area contributed by atoms with Crippen LogP contribution in [-0.2, 0) is 10.0 Å². The van der Waals surface area contributed by atoms with Gasteiger partial charge in [0.2, 0.25) is 10.0 Å². The highest BCUT2D eigenvalue weighted by Gasteiger charge is 2.25. The van der Waals surface area contributed by atoms with E-state index in [-0.39, 0.29) is 23.8 Å². The molecule has 0 aliphatic carbocycles. The van der Waals surface area contributed by atoms with Crippen molar-refractivity contribution in [2.24, 2.45) is 0 Å². The molecule has 0 spiro atoms. The van der Waals surface area contributed by atoms with Crippen molar-refractivity contribution in [2.45, 2.75) is 45.9 Å². The van der Waals surface area contributed by atoms with Gasteiger partial charge in [0.1, 0.15) is 0 Å². The lowest BCUT2D eigenvalue weighted by molar-refractivity contribution is 0.0986. The fraction of sp³-hybridized carbons (Fsp3) is 0.391. The molecule has 0 aromatic heterocycles. The number of nitriles is 1. The number of hydrogen-bond acceptors (Lipinski definition) is 4. The van der Waals surface area contributed by atoms with Crippen molar-refractivity contribution in [2.75, 3.05) is 24.5 Å². The Morgan fingerprint density at radius 1 is 0.967 bits per heavy atom. The summed E-state index contributed by atoms with van der Waals surface area (Å²) in [6, 6.07) is 12.4. The first-order chi connectivity index (χ1) is 14.2. The van der Waals surface area contributed by atoms with Gasteiger partial charge in [0.25, 0.3) is 5.91 Å². The Bertz CT molecular complexity index is 1070. The number of carbonyl (C=O) groups is 1. The molecule has 0 heterocycles. The van der Waals surface area contributed by atoms with E-state index in [2.05, 4.69) is 6.07 Å². The summed E-state index contributed by atoms with van der Waals surface area (Å²) in [5.41, 5.74) is 3.84. The molecule has 0 aliphatic rings. The van der Waals surface area contributed by atoms with Crippen LogP contribution in [0.25, 0.3) is 0 Å². The maximum atomic E-state index is 13.5. The lowest BCUT2D eigenvalue weighted by Crippen LogP contribution is -2.33. The maximum Gasteiger partial charge on any atom is 0.258 e. The van der Waals surface area contributed by atoms with E-state index < -0.39 is 10.0 Å². The molecule has 0 saturated heterocycles. The van der Waals surface area contributed by atoms with Crippen molar-refractivity contribution < 1.29 is 13.2 Å². The van der Waals surface area contributed by atoms with Gasteiger partial charge in [-0.15, -0.1) is 0 Å². The first-order valence-electron chi connectivity index (χ1n) is 10.0. The molecule has 1 amide bonds. The number of benzene rings is 2. The maximum absolute atomic E-state index is 13.5. The van der Waals surface area contributed by atoms with Crippen LogP contribution in [0.2, 0.25) is 0 Å². The molecule has 0 aliphatic heterocycles. The standard InChI is InChI=1S/C23H29N3O3S/c1-6-25(7-2)30(28,29)21-12-10-18(4)22(16-21)23(27)26(14-8-13-24)20-11-9-17(3)19(5)15-20/h9-12,15-16H,6-8,14H2,1-5H3. The summed E-state index contributed by atoms with van der Waals surface area (Å²) in [5, 5.41) is 9.06. The molecule has 2 aromatic carbocycles. The first kappa shape index (κ1) is 23.6. The average Bonchev–Trinajstić information content (AvgIpc) is 2.71. The summed E-state index contributed by atoms with van der Waals surface area (Å²) in [6.45, 7) is 10.2. The molecular weight excluding hydrogens is 398 g/mol. The summed E-state index contributed by atoms with van der Waals surface area (Å²) in [5.74, 6) is -0.317. The van der Waals surface area contributed by atoms with Crippen LogP contribution in [0.15, 0.2) is 41.3 Å². The summed E-state index contributed by atoms with van der Waals surface area (Å²) < 4.78 is 27.2. The van der Waals surface area contributed by atoms with Crippen molar-refractivity contribution in [3.8, 4) is 6.07 Å². The minimum absolute atomic E-state index is 0.0977. The second-order valence-electron chi connectivity index (χ2n) is 7.20. The molecule has 2 rings (SSSR count). The molecule has 160 valence electrons. The van der Waals surface area contributed by atoms with Crippen molar-refractivity contribution >= 4 is 21.6 Å². The van der Waals surface area contributed by atoms with Gasteiger partial charge >= 0.3 is 0 Å². The molecule has 7 heteroatoms. The largest absolute Gasteiger partial charge is 0.307 e. The second kappa shape index (κ2) is 9.88. The van der Waals surface area contributed by atoms with Gasteiger partial charge < -0.3 is 4.90 Å². The predicted molar refractivity (Wildman–Crippen MR) is 119 cm³/mol. The SMILES string of the molecule is CCN(CC)S(=O)(=O)c1ccc(C)c(C(=O)N(CCC#N)c2ccc(C)c(C)c2)c1. The van der Waals surface area contributed by atoms with Gasteiger partial charge in [-0.05, 0) is 61.7 Å². The van der Waals surface area contributed by atoms with E-state index >= 15 is 0 Å². The number of sulfonamides is 1. The van der Waals surface area contributed by atoms with Crippen molar-refractivity contribution in [3.63, 3.8) is 0 Å². The van der Waals surface area contributed by atoms with Gasteiger partial charge in [0.05, 0.1) is 17.4 Å². The summed E-state index contributed by atoms with van der Waals surface area (Å²) in [6.07, 6.45) is 0.176. The van der Waals surface area contributed by atoms with E-state index in [1.54, 1.807) is 31.7 Å². The summed E-state index contributed by atoms with van der Waals surface area (Å²) in [7, 11) is -3.68. The zero-order valence-corrected chi connectivity index (χ0v) is 19.1. The second-order valence-corrected chi connectivity index (χ2v) is 9.14. The summed E-state index contributed by atoms with van der Waals surface area (Å²) in [4.78, 5) is 15.1. The van der Waals surface area contributed by atoms with Crippen LogP contribution < -0.4 is 4.90 Å². The van der Waals surface area contributed by atoms with Crippen LogP contribution in [-0.4, -0.2) is 38.3 Å². The zero-order valence-electron chi connectivity index (χ0n) is 18.3. The fourth-order valence-electron chi connectivity index (χ4n) is 3.25. The Morgan fingerprint density at radius 3 is 2.17 bits per heavy atom. The Hall–Kier alpha value is -2.69. The van der Waals surface area contributed by atoms with Crippen LogP contribution >= 0.6 is 0 Å². The lowest BCUT2D eigenvalue weighted by atomic mass is 10.1. The van der Waals surface area contributed by atoms with E-state index in [4.69, 9.17) is 5.26 Å². The van der Waals surface area contributed by atoms with Gasteiger partial charge in [0, 0.05) is 30.9 Å². The molecule has 0 unspecified atom stereocenters. The molecular formula is C23H29N3O3S. The van der Waals surface area contributed by atoms with Crippen LogP contribution in [0.5, 0.6) is 0 Å². The highest BCUT2D eigenvalue weighted by Crippen LogP contribution is 2.25. The van der Waals surface area contributed by atoms with Crippen molar-refractivity contribution in [3.05, 3.63) is 58.7 Å². The molecule has 0 N–H and O–H groups in total. The topological polar surface area (TPSA) is 81.5 Å². The highest BCUT2D eigenvalue weighted by atomic mass is 32.2. The number of nitrogens with zero attached hydrogens (tertiary/aromatic N) is 3. The van der Waals surface area contributed by atoms with Crippen molar-refractivity contribution in [1.29, 1.82) is 5.26 Å². The van der Waals surface area contributed by atoms with E-state index in [9.17, 15) is 13.2 Å². The van der Waals surface area contributed by atoms with E-state index in [0.29, 0.717) is 29.9 Å². The number of carbonyl (C=O) groups excluding carboxylic acids is 1. The quantitative estimate of drug-likeness (QED) is 0.632. The molecule has 6 nitrogen and oxygen atoms in total. The molecule has 2 aromatic rings. The zero-order chi connectivity index (χ0) is 22.5. The van der Waals surface area contributed by atoms with Crippen molar-refractivity contribution in [1.82, 2.24) is 4.31 Å². The third-order valence-corrected chi connectivity index (χ3v) is 7.32. The lowest BCUT2D eigenvalue weighted by Gasteiger charge is -2.24. The molecule has 0 bridgehead atoms. The van der Waals surface area contributed by atoms with Gasteiger partial charge in [-0.25, -0.2) is 8.42 Å². The Labute approximate surface area is 179 Å². The molecule has 30 heavy (non-hydrogen) atoms. The Morgan fingerprint density at radius 2 is 1.60 bits per heavy atom. The monoisotopic (exact) mass is 427 g/mol. The Kier molecular flexibility index (Phi) is 7.77. The molecule has 0 fully saturated rings. The normalized spacial score (nSPS) is 11.4. The van der Waals surface area contributed by atoms with Crippen LogP contribution in [0.1, 0.15) is 47.3 Å². The minimum Gasteiger partial charge on any atom is -0.307 e. The third-order valence-electron chi connectivity index (χ3n) is 5.28. The fourth-order valence-corrected chi connectivity index (χ4v) is 4.74. The van der Waals surface area contributed by atoms with Crippen LogP contribution in [0.3, 0.4) is 0 Å². The summed E-state index contributed by atoms with van der Waals surface area (Å²) >= 11 is 0. The van der Waals surface area contributed by atoms with E-state index in [1.165, 1.54) is 16.4 Å². The minimum atomic E-state index is -3.68. The number of aryl methyl sites for hydroxylation is 3. The predicted octanol–water partition coefficient (Wildman–Crippen LogP) is 4.20.